The predicted octanol–water partition coefficient (Wildman–Crippen LogP) is 3.14. The highest BCUT2D eigenvalue weighted by atomic mass is 16.5. The van der Waals surface area contributed by atoms with Gasteiger partial charge in [-0.3, -0.25) is 4.79 Å². The van der Waals surface area contributed by atoms with E-state index in [1.165, 1.54) is 14.2 Å². The van der Waals surface area contributed by atoms with Crippen LogP contribution in [0.15, 0.2) is 42.5 Å². The van der Waals surface area contributed by atoms with E-state index in [0.717, 1.165) is 0 Å². The summed E-state index contributed by atoms with van der Waals surface area (Å²) in [5, 5.41) is 0. The molecule has 0 aliphatic rings. The molecule has 2 rings (SSSR count). The van der Waals surface area contributed by atoms with Gasteiger partial charge in [-0.1, -0.05) is 0 Å². The van der Waals surface area contributed by atoms with Crippen LogP contribution >= 0.6 is 0 Å². The molecule has 25 heavy (non-hydrogen) atoms. The predicted molar refractivity (Wildman–Crippen MR) is 91.8 cm³/mol. The van der Waals surface area contributed by atoms with Crippen molar-refractivity contribution in [2.45, 2.75) is 6.92 Å². The molecule has 0 aliphatic carbocycles. The zero-order valence-corrected chi connectivity index (χ0v) is 14.4. The minimum Gasteiger partial charge on any atom is -0.497 e. The summed E-state index contributed by atoms with van der Waals surface area (Å²) >= 11 is 0. The average Bonchev–Trinajstić information content (AvgIpc) is 2.66. The molecule has 0 radical (unpaired) electrons. The highest BCUT2D eigenvalue weighted by molar-refractivity contribution is 6.01. The van der Waals surface area contributed by atoms with Gasteiger partial charge in [-0.25, -0.2) is 4.79 Å². The second kappa shape index (κ2) is 8.73. The Morgan fingerprint density at radius 3 is 2.20 bits per heavy atom. The third-order valence-corrected chi connectivity index (χ3v) is 3.44. The lowest BCUT2D eigenvalue weighted by atomic mass is 10.1. The molecular formula is C19H20O6. The van der Waals surface area contributed by atoms with Crippen LogP contribution < -0.4 is 14.2 Å². The van der Waals surface area contributed by atoms with Crippen molar-refractivity contribution < 1.29 is 28.5 Å². The van der Waals surface area contributed by atoms with Crippen molar-refractivity contribution in [2.75, 3.05) is 27.4 Å². The Labute approximate surface area is 146 Å². The van der Waals surface area contributed by atoms with Crippen LogP contribution in [0.2, 0.25) is 0 Å². The van der Waals surface area contributed by atoms with Gasteiger partial charge in [0.1, 0.15) is 17.2 Å². The first-order valence-corrected chi connectivity index (χ1v) is 7.74. The van der Waals surface area contributed by atoms with Crippen LogP contribution in [-0.4, -0.2) is 39.2 Å². The molecule has 0 N–H and O–H groups in total. The Kier molecular flexibility index (Phi) is 6.39. The van der Waals surface area contributed by atoms with E-state index in [1.807, 2.05) is 6.92 Å². The first kappa shape index (κ1) is 18.3. The lowest BCUT2D eigenvalue weighted by molar-refractivity contribution is 0.0474. The molecule has 0 saturated carbocycles. The molecule has 0 unspecified atom stereocenters. The fourth-order valence-corrected chi connectivity index (χ4v) is 2.17. The maximum atomic E-state index is 12.3. The van der Waals surface area contributed by atoms with Crippen LogP contribution in [-0.2, 0) is 4.74 Å². The number of hydrogen-bond acceptors (Lipinski definition) is 6. The molecule has 0 aromatic heterocycles. The summed E-state index contributed by atoms with van der Waals surface area (Å²) in [7, 11) is 2.98. The first-order chi connectivity index (χ1) is 12.1. The Bertz CT molecular complexity index is 736. The summed E-state index contributed by atoms with van der Waals surface area (Å²) in [5.74, 6) is 0.655. The van der Waals surface area contributed by atoms with Crippen molar-refractivity contribution >= 4 is 11.8 Å². The third-order valence-electron chi connectivity index (χ3n) is 3.44. The number of Topliss-reactive ketones (excluding diaryl/α,β-unsaturated/α-hetero) is 1. The van der Waals surface area contributed by atoms with Gasteiger partial charge in [0.25, 0.3) is 0 Å². The summed E-state index contributed by atoms with van der Waals surface area (Å²) in [6, 6.07) is 11.3. The standard InChI is InChI=1S/C19H20O6/c1-4-24-14-7-5-13(6-8-14)19(21)25-12-17(20)16-10-9-15(22-2)11-18(16)23-3/h5-11H,4,12H2,1-3H3. The SMILES string of the molecule is CCOc1ccc(C(=O)OCC(=O)c2ccc(OC)cc2OC)cc1. The lowest BCUT2D eigenvalue weighted by Gasteiger charge is -2.10. The van der Waals surface area contributed by atoms with E-state index in [4.69, 9.17) is 18.9 Å². The average molecular weight is 344 g/mol. The van der Waals surface area contributed by atoms with Crippen molar-refractivity contribution in [1.82, 2.24) is 0 Å². The van der Waals surface area contributed by atoms with Gasteiger partial charge >= 0.3 is 5.97 Å². The molecule has 0 amide bonds. The molecule has 0 bridgehead atoms. The smallest absolute Gasteiger partial charge is 0.338 e. The van der Waals surface area contributed by atoms with Gasteiger partial charge < -0.3 is 18.9 Å². The minimum absolute atomic E-state index is 0.322. The van der Waals surface area contributed by atoms with Crippen LogP contribution in [0, 0.1) is 0 Å². The summed E-state index contributed by atoms with van der Waals surface area (Å²) in [6.07, 6.45) is 0. The van der Waals surface area contributed by atoms with Crippen LogP contribution in [0.5, 0.6) is 17.2 Å². The fourth-order valence-electron chi connectivity index (χ4n) is 2.17. The number of hydrogen-bond donors (Lipinski definition) is 0. The highest BCUT2D eigenvalue weighted by Gasteiger charge is 2.16. The molecule has 0 heterocycles. The minimum atomic E-state index is -0.580. The number of carbonyl (C=O) groups excluding carboxylic acids is 2. The van der Waals surface area contributed by atoms with E-state index in [0.29, 0.717) is 35.0 Å². The largest absolute Gasteiger partial charge is 0.497 e. The van der Waals surface area contributed by atoms with Gasteiger partial charge in [-0.2, -0.15) is 0 Å². The van der Waals surface area contributed by atoms with Crippen LogP contribution in [0.1, 0.15) is 27.6 Å². The number of ketones is 1. The Balaban J connectivity index is 2.00. The number of carbonyl (C=O) groups is 2. The van der Waals surface area contributed by atoms with E-state index in [-0.39, 0.29) is 12.4 Å². The van der Waals surface area contributed by atoms with Crippen LogP contribution in [0.3, 0.4) is 0 Å². The van der Waals surface area contributed by atoms with Gasteiger partial charge in [-0.15, -0.1) is 0 Å². The monoisotopic (exact) mass is 344 g/mol. The van der Waals surface area contributed by atoms with Gasteiger partial charge in [0, 0.05) is 6.07 Å². The van der Waals surface area contributed by atoms with Crippen molar-refractivity contribution in [3.8, 4) is 17.2 Å². The summed E-state index contributed by atoms with van der Waals surface area (Å²) < 4.78 is 20.7. The molecule has 0 aliphatic heterocycles. The zero-order chi connectivity index (χ0) is 18.2. The number of benzene rings is 2. The zero-order valence-electron chi connectivity index (χ0n) is 14.4. The molecular weight excluding hydrogens is 324 g/mol. The van der Waals surface area contributed by atoms with Gasteiger partial charge in [0.15, 0.2) is 6.61 Å². The molecule has 0 spiro atoms. The quantitative estimate of drug-likeness (QED) is 0.541. The van der Waals surface area contributed by atoms with E-state index >= 15 is 0 Å². The van der Waals surface area contributed by atoms with Gasteiger partial charge in [0.2, 0.25) is 5.78 Å². The third kappa shape index (κ3) is 4.73. The van der Waals surface area contributed by atoms with E-state index in [2.05, 4.69) is 0 Å². The Hall–Kier alpha value is -3.02. The normalized spacial score (nSPS) is 10.0. The van der Waals surface area contributed by atoms with E-state index in [9.17, 15) is 9.59 Å². The number of rotatable bonds is 8. The second-order valence-corrected chi connectivity index (χ2v) is 5.02. The molecule has 132 valence electrons. The number of ether oxygens (including phenoxy) is 4. The van der Waals surface area contributed by atoms with Gasteiger partial charge in [-0.05, 0) is 43.3 Å². The van der Waals surface area contributed by atoms with Crippen LogP contribution in [0.4, 0.5) is 0 Å². The maximum Gasteiger partial charge on any atom is 0.338 e. The molecule has 0 saturated heterocycles. The van der Waals surface area contributed by atoms with Crippen molar-refractivity contribution in [3.05, 3.63) is 53.6 Å². The Morgan fingerprint density at radius 2 is 1.60 bits per heavy atom. The molecule has 6 nitrogen and oxygen atoms in total. The van der Waals surface area contributed by atoms with Crippen molar-refractivity contribution in [2.24, 2.45) is 0 Å². The molecule has 0 atom stereocenters. The fraction of sp³-hybridized carbons (Fsp3) is 0.263. The number of methoxy groups -OCH3 is 2. The van der Waals surface area contributed by atoms with Crippen molar-refractivity contribution in [3.63, 3.8) is 0 Å². The molecule has 6 heteroatoms. The van der Waals surface area contributed by atoms with E-state index in [1.54, 1.807) is 42.5 Å². The topological polar surface area (TPSA) is 71.1 Å². The molecule has 0 fully saturated rings. The summed E-state index contributed by atoms with van der Waals surface area (Å²) in [5.41, 5.74) is 0.667. The summed E-state index contributed by atoms with van der Waals surface area (Å²) in [6.45, 7) is 2.04. The highest BCUT2D eigenvalue weighted by Crippen LogP contribution is 2.25. The lowest BCUT2D eigenvalue weighted by Crippen LogP contribution is -2.15. The van der Waals surface area contributed by atoms with Gasteiger partial charge in [0.05, 0.1) is 32.0 Å². The number of esters is 1. The van der Waals surface area contributed by atoms with Crippen LogP contribution in [0.25, 0.3) is 0 Å². The summed E-state index contributed by atoms with van der Waals surface area (Å²) in [4.78, 5) is 24.3. The van der Waals surface area contributed by atoms with Crippen molar-refractivity contribution in [1.29, 1.82) is 0 Å². The first-order valence-electron chi connectivity index (χ1n) is 7.74. The molecule has 2 aromatic rings. The maximum absolute atomic E-state index is 12.3. The Morgan fingerprint density at radius 1 is 0.920 bits per heavy atom. The second-order valence-electron chi connectivity index (χ2n) is 5.02. The van der Waals surface area contributed by atoms with E-state index < -0.39 is 5.97 Å². The molecule has 2 aromatic carbocycles.